The van der Waals surface area contributed by atoms with Gasteiger partial charge >= 0.3 is 6.09 Å². The Morgan fingerprint density at radius 2 is 1.91 bits per heavy atom. The van der Waals surface area contributed by atoms with Crippen molar-refractivity contribution in [3.05, 3.63) is 59.4 Å². The predicted octanol–water partition coefficient (Wildman–Crippen LogP) is 4.31. The third-order valence-corrected chi connectivity index (χ3v) is 9.08. The molecule has 0 saturated carbocycles. The number of aromatic nitrogens is 2. The second kappa shape index (κ2) is 11.5. The smallest absolute Gasteiger partial charge is 0.408 e. The van der Waals surface area contributed by atoms with Crippen LogP contribution in [0.25, 0.3) is 10.9 Å². The van der Waals surface area contributed by atoms with Crippen molar-refractivity contribution in [3.8, 4) is 6.07 Å². The first kappa shape index (κ1) is 30.1. The largest absolute Gasteiger partial charge is 0.444 e. The molecule has 44 heavy (non-hydrogen) atoms. The van der Waals surface area contributed by atoms with Gasteiger partial charge in [0.2, 0.25) is 0 Å². The number of alkyl carbamates (subject to hydrolysis) is 1. The molecule has 0 aliphatic carbocycles. The maximum absolute atomic E-state index is 12.3. The Morgan fingerprint density at radius 3 is 2.64 bits per heavy atom. The van der Waals surface area contributed by atoms with Gasteiger partial charge in [0.15, 0.2) is 0 Å². The van der Waals surface area contributed by atoms with Crippen molar-refractivity contribution < 1.29 is 9.53 Å². The number of aryl methyl sites for hydroxylation is 1. The highest BCUT2D eigenvalue weighted by molar-refractivity contribution is 5.95. The van der Waals surface area contributed by atoms with E-state index in [1.54, 1.807) is 6.20 Å². The summed E-state index contributed by atoms with van der Waals surface area (Å²) in [6, 6.07) is 15.5. The van der Waals surface area contributed by atoms with Crippen LogP contribution in [0.4, 0.5) is 16.3 Å². The van der Waals surface area contributed by atoms with Gasteiger partial charge in [0, 0.05) is 87.4 Å². The summed E-state index contributed by atoms with van der Waals surface area (Å²) in [5.41, 5.74) is 4.02. The van der Waals surface area contributed by atoms with E-state index in [4.69, 9.17) is 9.72 Å². The number of nitrogens with zero attached hydrogens (tertiary/aromatic N) is 7. The van der Waals surface area contributed by atoms with E-state index < -0.39 is 5.60 Å². The maximum atomic E-state index is 12.3. The molecule has 10 nitrogen and oxygen atoms in total. The first-order chi connectivity index (χ1) is 20.9. The van der Waals surface area contributed by atoms with Crippen molar-refractivity contribution >= 4 is 28.5 Å². The number of piperazine rings is 2. The molecule has 0 bridgehead atoms. The van der Waals surface area contributed by atoms with Crippen LogP contribution in [-0.4, -0.2) is 94.9 Å². The van der Waals surface area contributed by atoms with Gasteiger partial charge in [-0.15, -0.1) is 0 Å². The van der Waals surface area contributed by atoms with E-state index in [0.29, 0.717) is 30.7 Å². The molecule has 3 fully saturated rings. The lowest BCUT2D eigenvalue weighted by Crippen LogP contribution is -2.69. The van der Waals surface area contributed by atoms with E-state index >= 15 is 0 Å². The van der Waals surface area contributed by atoms with Crippen molar-refractivity contribution in [1.29, 1.82) is 5.26 Å². The van der Waals surface area contributed by atoms with Crippen molar-refractivity contribution in [2.45, 2.75) is 71.3 Å². The van der Waals surface area contributed by atoms with Gasteiger partial charge in [-0.2, -0.15) is 5.26 Å². The predicted molar refractivity (Wildman–Crippen MR) is 173 cm³/mol. The number of rotatable bonds is 5. The number of carbonyl (C=O) groups is 1. The van der Waals surface area contributed by atoms with Gasteiger partial charge in [-0.05, 0) is 77.4 Å². The van der Waals surface area contributed by atoms with E-state index in [1.165, 1.54) is 5.56 Å². The number of carbonyl (C=O) groups excluding carboxylic acids is 1. The van der Waals surface area contributed by atoms with Gasteiger partial charge in [0.1, 0.15) is 17.5 Å². The van der Waals surface area contributed by atoms with Crippen molar-refractivity contribution in [3.63, 3.8) is 0 Å². The van der Waals surface area contributed by atoms with Crippen LogP contribution in [0, 0.1) is 18.3 Å². The number of pyridine rings is 2. The average Bonchev–Trinajstić information content (AvgIpc) is 2.95. The zero-order chi connectivity index (χ0) is 31.2. The maximum Gasteiger partial charge on any atom is 0.408 e. The minimum absolute atomic E-state index is 0.332. The summed E-state index contributed by atoms with van der Waals surface area (Å²) in [4.78, 5) is 31.7. The summed E-state index contributed by atoms with van der Waals surface area (Å²) in [6.07, 6.45) is 1.39. The Hall–Kier alpha value is -3.94. The number of nitriles is 1. The van der Waals surface area contributed by atoms with Gasteiger partial charge in [-0.25, -0.2) is 9.78 Å². The summed E-state index contributed by atoms with van der Waals surface area (Å²) in [7, 11) is 0. The molecule has 1 amide bonds. The van der Waals surface area contributed by atoms with E-state index in [-0.39, 0.29) is 11.6 Å². The summed E-state index contributed by atoms with van der Waals surface area (Å²) in [6.45, 7) is 19.3. The fraction of sp³-hybridized carbons (Fsp3) is 0.529. The van der Waals surface area contributed by atoms with Gasteiger partial charge in [0.25, 0.3) is 0 Å². The van der Waals surface area contributed by atoms with Crippen molar-refractivity contribution in [2.24, 2.45) is 0 Å². The van der Waals surface area contributed by atoms with Crippen LogP contribution in [0.1, 0.15) is 51.4 Å². The highest BCUT2D eigenvalue weighted by atomic mass is 16.6. The second-order valence-corrected chi connectivity index (χ2v) is 14.0. The quantitative estimate of drug-likeness (QED) is 0.462. The topological polar surface area (TPSA) is 101 Å². The Bertz CT molecular complexity index is 1590. The highest BCUT2D eigenvalue weighted by Crippen LogP contribution is 2.32. The average molecular weight is 597 g/mol. The molecule has 0 spiro atoms. The molecular formula is C34H44N8O2. The lowest BCUT2D eigenvalue weighted by Gasteiger charge is -2.51. The summed E-state index contributed by atoms with van der Waals surface area (Å²) in [5, 5.41) is 13.7. The number of nitrogens with one attached hydrogen (secondary N) is 1. The molecule has 6 rings (SSSR count). The van der Waals surface area contributed by atoms with Crippen molar-refractivity contribution in [1.82, 2.24) is 25.1 Å². The van der Waals surface area contributed by atoms with E-state index in [0.717, 1.165) is 67.4 Å². The third kappa shape index (κ3) is 6.17. The van der Waals surface area contributed by atoms with Crippen LogP contribution >= 0.6 is 0 Å². The molecule has 1 N–H and O–H groups in total. The molecule has 0 unspecified atom stereocenters. The Morgan fingerprint density at radius 1 is 1.11 bits per heavy atom. The lowest BCUT2D eigenvalue weighted by atomic mass is 9.92. The van der Waals surface area contributed by atoms with Crippen LogP contribution in [0.15, 0.2) is 42.6 Å². The SMILES string of the molecule is Cc1nc(N2CC(C)(NC(=O)OC(C)(C)C)C2)ccc1CN1CCN2[C@@H](C1)CN(c1ccc(C#N)c3ncccc13)C[C@H]2C. The number of amides is 1. The zero-order valence-electron chi connectivity index (χ0n) is 26.8. The van der Waals surface area contributed by atoms with Crippen LogP contribution in [0.3, 0.4) is 0 Å². The lowest BCUT2D eigenvalue weighted by molar-refractivity contribution is 0.0316. The van der Waals surface area contributed by atoms with Gasteiger partial charge in [0.05, 0.1) is 16.6 Å². The molecule has 0 radical (unpaired) electrons. The van der Waals surface area contributed by atoms with Crippen molar-refractivity contribution in [2.75, 3.05) is 55.6 Å². The summed E-state index contributed by atoms with van der Waals surface area (Å²) >= 11 is 0. The molecule has 1 aromatic carbocycles. The molecular weight excluding hydrogens is 552 g/mol. The first-order valence-electron chi connectivity index (χ1n) is 15.6. The molecule has 2 atom stereocenters. The Kier molecular flexibility index (Phi) is 7.89. The molecule has 3 saturated heterocycles. The van der Waals surface area contributed by atoms with Gasteiger partial charge < -0.3 is 19.9 Å². The molecule has 10 heteroatoms. The van der Waals surface area contributed by atoms with Crippen LogP contribution in [0.5, 0.6) is 0 Å². The standard InChI is InChI=1S/C34H44N8O2/c1-23-17-40(29-11-9-25(16-35)31-28(29)8-7-13-36-31)20-27-19-39(14-15-42(23)27)18-26-10-12-30(37-24(26)2)41-21-34(6,22-41)38-32(43)44-33(3,4)5/h7-13,23,27H,14-15,17-22H2,1-6H3,(H,38,43)/t23-,27+/m1/s1. The van der Waals surface area contributed by atoms with E-state index in [9.17, 15) is 10.1 Å². The highest BCUT2D eigenvalue weighted by Gasteiger charge is 2.42. The fourth-order valence-electron chi connectivity index (χ4n) is 7.04. The monoisotopic (exact) mass is 596 g/mol. The summed E-state index contributed by atoms with van der Waals surface area (Å²) < 4.78 is 5.44. The first-order valence-corrected chi connectivity index (χ1v) is 15.6. The Balaban J connectivity index is 1.09. The van der Waals surface area contributed by atoms with E-state index in [1.807, 2.05) is 39.8 Å². The normalized spacial score (nSPS) is 22.2. The molecule has 3 aromatic rings. The fourth-order valence-corrected chi connectivity index (χ4v) is 7.04. The van der Waals surface area contributed by atoms with Gasteiger partial charge in [-0.3, -0.25) is 14.8 Å². The number of hydrogen-bond donors (Lipinski definition) is 1. The molecule has 3 aliphatic rings. The van der Waals surface area contributed by atoms with Gasteiger partial charge in [-0.1, -0.05) is 6.07 Å². The van der Waals surface area contributed by atoms with E-state index in [2.05, 4.69) is 74.1 Å². The van der Waals surface area contributed by atoms with Crippen LogP contribution < -0.4 is 15.1 Å². The minimum atomic E-state index is -0.517. The molecule has 232 valence electrons. The number of anilines is 2. The van der Waals surface area contributed by atoms with Crippen LogP contribution in [0.2, 0.25) is 0 Å². The Labute approximate surface area is 260 Å². The number of hydrogen-bond acceptors (Lipinski definition) is 9. The minimum Gasteiger partial charge on any atom is -0.444 e. The number of ether oxygens (including phenoxy) is 1. The number of fused-ring (bicyclic) bond motifs is 2. The number of benzene rings is 1. The molecule has 3 aliphatic heterocycles. The van der Waals surface area contributed by atoms with Crippen LogP contribution in [-0.2, 0) is 11.3 Å². The third-order valence-electron chi connectivity index (χ3n) is 9.08. The summed E-state index contributed by atoms with van der Waals surface area (Å²) in [5.74, 6) is 0.945. The zero-order valence-corrected chi connectivity index (χ0v) is 26.8. The molecule has 5 heterocycles. The second-order valence-electron chi connectivity index (χ2n) is 14.0. The molecule has 2 aromatic heterocycles.